The van der Waals surface area contributed by atoms with E-state index in [1.54, 1.807) is 6.20 Å². The van der Waals surface area contributed by atoms with Gasteiger partial charge in [-0.15, -0.1) is 0 Å². The summed E-state index contributed by atoms with van der Waals surface area (Å²) in [7, 11) is 2.08. The van der Waals surface area contributed by atoms with Crippen LogP contribution in [0.2, 0.25) is 0 Å². The highest BCUT2D eigenvalue weighted by molar-refractivity contribution is 5.91. The van der Waals surface area contributed by atoms with Crippen molar-refractivity contribution in [1.29, 1.82) is 0 Å². The second kappa shape index (κ2) is 6.03. The van der Waals surface area contributed by atoms with Gasteiger partial charge in [-0.3, -0.25) is 4.79 Å². The Bertz CT molecular complexity index is 497. The lowest BCUT2D eigenvalue weighted by Crippen LogP contribution is -2.52. The summed E-state index contributed by atoms with van der Waals surface area (Å²) in [5.74, 6) is 0.296. The number of anilines is 1. The minimum atomic E-state index is -0.0514. The van der Waals surface area contributed by atoms with Crippen LogP contribution < -0.4 is 10.2 Å². The summed E-state index contributed by atoms with van der Waals surface area (Å²) >= 11 is 0. The Morgan fingerprint density at radius 1 is 1.33 bits per heavy atom. The highest BCUT2D eigenvalue weighted by Crippen LogP contribution is 2.18. The van der Waals surface area contributed by atoms with Crippen LogP contribution in [0.4, 0.5) is 6.01 Å². The number of nitrogens with one attached hydrogen (secondary N) is 1. The van der Waals surface area contributed by atoms with Gasteiger partial charge >= 0.3 is 0 Å². The summed E-state index contributed by atoms with van der Waals surface area (Å²) in [5.41, 5.74) is 0. The van der Waals surface area contributed by atoms with Crippen LogP contribution in [-0.2, 0) is 0 Å². The molecule has 7 nitrogen and oxygen atoms in total. The molecule has 21 heavy (non-hydrogen) atoms. The number of hydrogen-bond acceptors (Lipinski definition) is 6. The molecule has 2 saturated heterocycles. The van der Waals surface area contributed by atoms with E-state index < -0.39 is 0 Å². The van der Waals surface area contributed by atoms with Crippen molar-refractivity contribution in [3.63, 3.8) is 0 Å². The number of amides is 1. The molecular formula is C14H23N5O2. The lowest BCUT2D eigenvalue weighted by atomic mass is 10.2. The van der Waals surface area contributed by atoms with Crippen molar-refractivity contribution in [3.05, 3.63) is 12.0 Å². The second-order valence-corrected chi connectivity index (χ2v) is 5.85. The van der Waals surface area contributed by atoms with Crippen LogP contribution in [0.25, 0.3) is 0 Å². The predicted octanol–water partition coefficient (Wildman–Crippen LogP) is -0.140. The molecule has 0 spiro atoms. The second-order valence-electron chi connectivity index (χ2n) is 5.85. The zero-order valence-corrected chi connectivity index (χ0v) is 12.7. The first kappa shape index (κ1) is 14.3. The predicted molar refractivity (Wildman–Crippen MR) is 79.6 cm³/mol. The third-order valence-corrected chi connectivity index (χ3v) is 4.18. The van der Waals surface area contributed by atoms with E-state index >= 15 is 0 Å². The van der Waals surface area contributed by atoms with E-state index in [9.17, 15) is 4.79 Å². The molecule has 1 amide bonds. The van der Waals surface area contributed by atoms with Crippen molar-refractivity contribution in [2.24, 2.45) is 0 Å². The van der Waals surface area contributed by atoms with Crippen LogP contribution in [0.15, 0.2) is 10.6 Å². The fraction of sp³-hybridized carbons (Fsp3) is 0.714. The van der Waals surface area contributed by atoms with Gasteiger partial charge in [0.25, 0.3) is 11.9 Å². The van der Waals surface area contributed by atoms with Gasteiger partial charge in [-0.05, 0) is 14.0 Å². The molecule has 0 aromatic carbocycles. The Morgan fingerprint density at radius 3 is 2.81 bits per heavy atom. The first-order chi connectivity index (χ1) is 10.1. The molecule has 1 aromatic rings. The molecule has 2 aliphatic heterocycles. The van der Waals surface area contributed by atoms with E-state index in [1.165, 1.54) is 0 Å². The van der Waals surface area contributed by atoms with Crippen molar-refractivity contribution in [1.82, 2.24) is 20.1 Å². The van der Waals surface area contributed by atoms with Crippen molar-refractivity contribution < 1.29 is 9.21 Å². The number of likely N-dealkylation sites (N-methyl/N-ethyl adjacent to an activating group) is 1. The topological polar surface area (TPSA) is 64.8 Å². The maximum atomic E-state index is 12.6. The van der Waals surface area contributed by atoms with Gasteiger partial charge < -0.3 is 24.4 Å². The van der Waals surface area contributed by atoms with E-state index in [2.05, 4.69) is 34.1 Å². The van der Waals surface area contributed by atoms with E-state index in [4.69, 9.17) is 4.42 Å². The Kier molecular flexibility index (Phi) is 4.12. The smallest absolute Gasteiger partial charge is 0.298 e. The third kappa shape index (κ3) is 3.03. The molecule has 7 heteroatoms. The van der Waals surface area contributed by atoms with Crippen LogP contribution in [0.1, 0.15) is 17.5 Å². The maximum Gasteiger partial charge on any atom is 0.298 e. The zero-order chi connectivity index (χ0) is 14.8. The highest BCUT2D eigenvalue weighted by Gasteiger charge is 2.29. The molecule has 1 N–H and O–H groups in total. The van der Waals surface area contributed by atoms with Crippen molar-refractivity contribution in [3.8, 4) is 0 Å². The van der Waals surface area contributed by atoms with Gasteiger partial charge in [0.1, 0.15) is 0 Å². The summed E-state index contributed by atoms with van der Waals surface area (Å²) in [6.45, 7) is 8.15. The Labute approximate surface area is 124 Å². The number of rotatable bonds is 2. The molecule has 116 valence electrons. The Balaban J connectivity index is 1.69. The van der Waals surface area contributed by atoms with Crippen LogP contribution in [-0.4, -0.2) is 79.6 Å². The van der Waals surface area contributed by atoms with Gasteiger partial charge in [0.2, 0.25) is 5.76 Å². The van der Waals surface area contributed by atoms with Gasteiger partial charge in [-0.2, -0.15) is 0 Å². The fourth-order valence-corrected chi connectivity index (χ4v) is 2.95. The first-order valence-electron chi connectivity index (χ1n) is 7.56. The SMILES string of the molecule is CC1CN(C)CCN1C(=O)c1cnc(N2CCNCC2)o1. The molecule has 0 bridgehead atoms. The molecule has 3 rings (SSSR count). The van der Waals surface area contributed by atoms with Crippen LogP contribution in [0, 0.1) is 0 Å². The standard InChI is InChI=1S/C14H23N5O2/c1-11-10-17(2)7-8-19(11)13(20)12-9-16-14(21-12)18-5-3-15-4-6-18/h9,11,15H,3-8,10H2,1-2H3. The molecule has 1 atom stereocenters. The van der Waals surface area contributed by atoms with Gasteiger partial charge in [0.05, 0.1) is 6.20 Å². The van der Waals surface area contributed by atoms with E-state index in [-0.39, 0.29) is 11.9 Å². The average Bonchev–Trinajstić information content (AvgIpc) is 2.97. The molecular weight excluding hydrogens is 270 g/mol. The quantitative estimate of drug-likeness (QED) is 0.819. The summed E-state index contributed by atoms with van der Waals surface area (Å²) in [6.07, 6.45) is 1.56. The van der Waals surface area contributed by atoms with Crippen LogP contribution >= 0.6 is 0 Å². The molecule has 3 heterocycles. The van der Waals surface area contributed by atoms with Gasteiger partial charge in [-0.25, -0.2) is 4.98 Å². The molecule has 2 aliphatic rings. The lowest BCUT2D eigenvalue weighted by Gasteiger charge is -2.37. The molecule has 0 aliphatic carbocycles. The highest BCUT2D eigenvalue weighted by atomic mass is 16.4. The van der Waals surface area contributed by atoms with Crippen LogP contribution in [0.3, 0.4) is 0 Å². The third-order valence-electron chi connectivity index (χ3n) is 4.18. The first-order valence-corrected chi connectivity index (χ1v) is 7.56. The van der Waals surface area contributed by atoms with Crippen LogP contribution in [0.5, 0.6) is 0 Å². The van der Waals surface area contributed by atoms with Gasteiger partial charge in [-0.1, -0.05) is 0 Å². The Morgan fingerprint density at radius 2 is 2.10 bits per heavy atom. The lowest BCUT2D eigenvalue weighted by molar-refractivity contribution is 0.0503. The molecule has 0 saturated carbocycles. The van der Waals surface area contributed by atoms with Gasteiger partial charge in [0, 0.05) is 51.9 Å². The zero-order valence-electron chi connectivity index (χ0n) is 12.7. The summed E-state index contributed by atoms with van der Waals surface area (Å²) in [6, 6.07) is 0.755. The normalized spacial score (nSPS) is 24.4. The van der Waals surface area contributed by atoms with Crippen molar-refractivity contribution in [2.75, 3.05) is 57.8 Å². The van der Waals surface area contributed by atoms with Crippen molar-refractivity contribution >= 4 is 11.9 Å². The maximum absolute atomic E-state index is 12.6. The number of carbonyl (C=O) groups excluding carboxylic acids is 1. The number of aromatic nitrogens is 1. The van der Waals surface area contributed by atoms with E-state index in [0.717, 1.165) is 45.8 Å². The number of nitrogens with zero attached hydrogens (tertiary/aromatic N) is 4. The molecule has 0 radical (unpaired) electrons. The van der Waals surface area contributed by atoms with Crippen molar-refractivity contribution in [2.45, 2.75) is 13.0 Å². The van der Waals surface area contributed by atoms with E-state index in [0.29, 0.717) is 11.8 Å². The summed E-state index contributed by atoms with van der Waals surface area (Å²) < 4.78 is 5.70. The number of oxazole rings is 1. The minimum absolute atomic E-state index is 0.0514. The molecule has 1 aromatic heterocycles. The van der Waals surface area contributed by atoms with E-state index in [1.807, 2.05) is 4.90 Å². The minimum Gasteiger partial charge on any atom is -0.418 e. The summed E-state index contributed by atoms with van der Waals surface area (Å²) in [5, 5.41) is 3.28. The Hall–Kier alpha value is -1.60. The summed E-state index contributed by atoms with van der Waals surface area (Å²) in [4.78, 5) is 23.0. The monoisotopic (exact) mass is 293 g/mol. The molecule has 1 unspecified atom stereocenters. The van der Waals surface area contributed by atoms with Gasteiger partial charge in [0.15, 0.2) is 0 Å². The number of hydrogen-bond donors (Lipinski definition) is 1. The fourth-order valence-electron chi connectivity index (χ4n) is 2.95. The number of piperazine rings is 2. The number of carbonyl (C=O) groups is 1. The average molecular weight is 293 g/mol. The molecule has 2 fully saturated rings. The largest absolute Gasteiger partial charge is 0.418 e.